The van der Waals surface area contributed by atoms with Gasteiger partial charge >= 0.3 is 0 Å². The van der Waals surface area contributed by atoms with E-state index in [-0.39, 0.29) is 0 Å². The van der Waals surface area contributed by atoms with Gasteiger partial charge in [0.2, 0.25) is 0 Å². The highest BCUT2D eigenvalue weighted by Gasteiger charge is 2.15. The summed E-state index contributed by atoms with van der Waals surface area (Å²) in [6, 6.07) is 5.81. The van der Waals surface area contributed by atoms with Gasteiger partial charge in [-0.15, -0.1) is 0 Å². The van der Waals surface area contributed by atoms with Crippen LogP contribution in [0.4, 0.5) is 0 Å². The molecule has 2 atom stereocenters. The third kappa shape index (κ3) is 3.15. The van der Waals surface area contributed by atoms with Gasteiger partial charge in [-0.2, -0.15) is 0 Å². The number of hydrogen-bond donors (Lipinski definition) is 2. The van der Waals surface area contributed by atoms with Crippen LogP contribution in [-0.2, 0) is 6.42 Å². The SMILES string of the molecule is CCC(O)C(O)CCc1ccc2c(c1)OCCO2. The molecule has 2 rings (SSSR count). The Morgan fingerprint density at radius 3 is 2.56 bits per heavy atom. The van der Waals surface area contributed by atoms with Crippen LogP contribution in [0.25, 0.3) is 0 Å². The van der Waals surface area contributed by atoms with Gasteiger partial charge in [0, 0.05) is 0 Å². The van der Waals surface area contributed by atoms with E-state index in [4.69, 9.17) is 9.47 Å². The van der Waals surface area contributed by atoms with E-state index >= 15 is 0 Å². The van der Waals surface area contributed by atoms with Crippen molar-refractivity contribution in [2.24, 2.45) is 0 Å². The van der Waals surface area contributed by atoms with Gasteiger partial charge in [0.25, 0.3) is 0 Å². The van der Waals surface area contributed by atoms with Crippen LogP contribution in [0.2, 0.25) is 0 Å². The molecule has 1 aliphatic rings. The second kappa shape index (κ2) is 6.07. The van der Waals surface area contributed by atoms with E-state index in [1.165, 1.54) is 0 Å². The second-order valence-electron chi connectivity index (χ2n) is 4.56. The van der Waals surface area contributed by atoms with Crippen molar-refractivity contribution in [2.45, 2.75) is 38.4 Å². The Bertz CT molecular complexity index is 391. The van der Waals surface area contributed by atoms with Gasteiger partial charge in [-0.1, -0.05) is 13.0 Å². The fraction of sp³-hybridized carbons (Fsp3) is 0.571. The molecule has 0 fully saturated rings. The van der Waals surface area contributed by atoms with Crippen molar-refractivity contribution >= 4 is 0 Å². The Hall–Kier alpha value is -1.26. The molecule has 1 aromatic rings. The molecule has 1 aliphatic heterocycles. The van der Waals surface area contributed by atoms with E-state index in [1.807, 2.05) is 25.1 Å². The maximum Gasteiger partial charge on any atom is 0.161 e. The van der Waals surface area contributed by atoms with Gasteiger partial charge < -0.3 is 19.7 Å². The summed E-state index contributed by atoms with van der Waals surface area (Å²) >= 11 is 0. The maximum absolute atomic E-state index is 9.71. The molecule has 0 saturated heterocycles. The molecule has 0 spiro atoms. The summed E-state index contributed by atoms with van der Waals surface area (Å²) < 4.78 is 10.9. The van der Waals surface area contributed by atoms with Crippen LogP contribution in [0.3, 0.4) is 0 Å². The van der Waals surface area contributed by atoms with Crippen molar-refractivity contribution in [3.05, 3.63) is 23.8 Å². The number of aliphatic hydroxyl groups is 2. The molecule has 2 N–H and O–H groups in total. The van der Waals surface area contributed by atoms with Crippen LogP contribution in [-0.4, -0.2) is 35.6 Å². The van der Waals surface area contributed by atoms with Crippen molar-refractivity contribution < 1.29 is 19.7 Å². The summed E-state index contributed by atoms with van der Waals surface area (Å²) in [7, 11) is 0. The number of benzene rings is 1. The van der Waals surface area contributed by atoms with Gasteiger partial charge in [-0.05, 0) is 37.0 Å². The standard InChI is InChI=1S/C14H20O4/c1-2-11(15)12(16)5-3-10-4-6-13-14(9-10)18-8-7-17-13/h4,6,9,11-12,15-16H,2-3,5,7-8H2,1H3. The van der Waals surface area contributed by atoms with Crippen molar-refractivity contribution in [1.29, 1.82) is 0 Å². The Morgan fingerprint density at radius 2 is 1.83 bits per heavy atom. The largest absolute Gasteiger partial charge is 0.486 e. The first-order valence-corrected chi connectivity index (χ1v) is 6.45. The Labute approximate surface area is 107 Å². The van der Waals surface area contributed by atoms with E-state index in [0.29, 0.717) is 26.1 Å². The van der Waals surface area contributed by atoms with Gasteiger partial charge in [0.15, 0.2) is 11.5 Å². The van der Waals surface area contributed by atoms with Crippen LogP contribution < -0.4 is 9.47 Å². The molecule has 4 nitrogen and oxygen atoms in total. The lowest BCUT2D eigenvalue weighted by Gasteiger charge is -2.19. The van der Waals surface area contributed by atoms with Gasteiger partial charge in [-0.3, -0.25) is 0 Å². The van der Waals surface area contributed by atoms with Crippen molar-refractivity contribution in [3.8, 4) is 11.5 Å². The summed E-state index contributed by atoms with van der Waals surface area (Å²) in [6.45, 7) is 3.03. The van der Waals surface area contributed by atoms with Crippen molar-refractivity contribution in [1.82, 2.24) is 0 Å². The highest BCUT2D eigenvalue weighted by atomic mass is 16.6. The Balaban J connectivity index is 1.94. The van der Waals surface area contributed by atoms with Crippen molar-refractivity contribution in [2.75, 3.05) is 13.2 Å². The first kappa shape index (κ1) is 13.2. The minimum absolute atomic E-state index is 0.550. The number of aliphatic hydroxyl groups excluding tert-OH is 2. The lowest BCUT2D eigenvalue weighted by atomic mass is 10.0. The molecule has 18 heavy (non-hydrogen) atoms. The van der Waals surface area contributed by atoms with Gasteiger partial charge in [0.1, 0.15) is 13.2 Å². The van der Waals surface area contributed by atoms with E-state index in [1.54, 1.807) is 0 Å². The molecule has 0 aromatic heterocycles. The molecular weight excluding hydrogens is 232 g/mol. The quantitative estimate of drug-likeness (QED) is 0.834. The smallest absolute Gasteiger partial charge is 0.161 e. The minimum Gasteiger partial charge on any atom is -0.486 e. The zero-order valence-corrected chi connectivity index (χ0v) is 10.6. The lowest BCUT2D eigenvalue weighted by molar-refractivity contribution is 0.0130. The highest BCUT2D eigenvalue weighted by molar-refractivity contribution is 5.43. The third-order valence-electron chi connectivity index (χ3n) is 3.20. The molecule has 2 unspecified atom stereocenters. The Morgan fingerprint density at radius 1 is 1.11 bits per heavy atom. The predicted octanol–water partition coefficient (Wildman–Crippen LogP) is 1.52. The lowest BCUT2D eigenvalue weighted by Crippen LogP contribution is -2.25. The molecule has 0 saturated carbocycles. The zero-order valence-electron chi connectivity index (χ0n) is 10.6. The van der Waals surface area contributed by atoms with E-state index in [9.17, 15) is 10.2 Å². The third-order valence-corrected chi connectivity index (χ3v) is 3.20. The molecule has 0 radical (unpaired) electrons. The number of ether oxygens (including phenoxy) is 2. The maximum atomic E-state index is 9.71. The molecular formula is C14H20O4. The van der Waals surface area contributed by atoms with Gasteiger partial charge in [0.05, 0.1) is 12.2 Å². The van der Waals surface area contributed by atoms with E-state index in [0.717, 1.165) is 23.5 Å². The molecule has 100 valence electrons. The minimum atomic E-state index is -0.664. The molecule has 0 aliphatic carbocycles. The summed E-state index contributed by atoms with van der Waals surface area (Å²) in [5.74, 6) is 1.54. The summed E-state index contributed by atoms with van der Waals surface area (Å²) in [5, 5.41) is 19.2. The first-order chi connectivity index (χ1) is 8.70. The topological polar surface area (TPSA) is 58.9 Å². The Kier molecular flexibility index (Phi) is 4.44. The molecule has 1 aromatic carbocycles. The van der Waals surface area contributed by atoms with Gasteiger partial charge in [-0.25, -0.2) is 0 Å². The van der Waals surface area contributed by atoms with Crippen LogP contribution in [0, 0.1) is 0 Å². The zero-order chi connectivity index (χ0) is 13.0. The fourth-order valence-electron chi connectivity index (χ4n) is 2.02. The van der Waals surface area contributed by atoms with Crippen molar-refractivity contribution in [3.63, 3.8) is 0 Å². The van der Waals surface area contributed by atoms with Crippen LogP contribution >= 0.6 is 0 Å². The van der Waals surface area contributed by atoms with E-state index < -0.39 is 12.2 Å². The number of aryl methyl sites for hydroxylation is 1. The average Bonchev–Trinajstić information content (AvgIpc) is 2.43. The number of hydrogen-bond acceptors (Lipinski definition) is 4. The summed E-state index contributed by atoms with van der Waals surface area (Å²) in [5.41, 5.74) is 1.08. The molecule has 4 heteroatoms. The monoisotopic (exact) mass is 252 g/mol. The fourth-order valence-corrected chi connectivity index (χ4v) is 2.02. The van der Waals surface area contributed by atoms with Crippen LogP contribution in [0.5, 0.6) is 11.5 Å². The molecule has 0 amide bonds. The first-order valence-electron chi connectivity index (χ1n) is 6.45. The van der Waals surface area contributed by atoms with Crippen LogP contribution in [0.1, 0.15) is 25.3 Å². The normalized spacial score (nSPS) is 17.3. The van der Waals surface area contributed by atoms with Crippen LogP contribution in [0.15, 0.2) is 18.2 Å². The average molecular weight is 252 g/mol. The summed E-state index contributed by atoms with van der Waals surface area (Å²) in [6.07, 6.45) is 0.539. The molecule has 1 heterocycles. The summed E-state index contributed by atoms with van der Waals surface area (Å²) in [4.78, 5) is 0. The second-order valence-corrected chi connectivity index (χ2v) is 4.56. The number of fused-ring (bicyclic) bond motifs is 1. The predicted molar refractivity (Wildman–Crippen MR) is 68.1 cm³/mol. The number of rotatable bonds is 5. The highest BCUT2D eigenvalue weighted by Crippen LogP contribution is 2.31. The molecule has 0 bridgehead atoms. The van der Waals surface area contributed by atoms with E-state index in [2.05, 4.69) is 0 Å².